The second-order valence-electron chi connectivity index (χ2n) is 8.21. The molecule has 0 saturated carbocycles. The van der Waals surface area contributed by atoms with E-state index in [-0.39, 0.29) is 35.6 Å². The normalized spacial score (nSPS) is 23.5. The molecule has 2 aliphatic heterocycles. The molecule has 2 aromatic carbocycles. The fourth-order valence-corrected chi connectivity index (χ4v) is 4.45. The molecule has 2 aliphatic rings. The SMILES string of the molecule is O=C(CN1CCC2(CCCO2)C(OCc2ccccc2)C1)Nc1ccccc1OC(F)F. The maximum Gasteiger partial charge on any atom is 0.387 e. The topological polar surface area (TPSA) is 60.0 Å². The van der Waals surface area contributed by atoms with Crippen LogP contribution >= 0.6 is 0 Å². The largest absolute Gasteiger partial charge is 0.433 e. The molecule has 2 fully saturated rings. The number of anilines is 1. The first kappa shape index (κ1) is 22.6. The Morgan fingerprint density at radius 1 is 1.16 bits per heavy atom. The first-order valence-corrected chi connectivity index (χ1v) is 10.9. The van der Waals surface area contributed by atoms with Crippen molar-refractivity contribution in [1.82, 2.24) is 4.90 Å². The van der Waals surface area contributed by atoms with Gasteiger partial charge in [-0.15, -0.1) is 0 Å². The van der Waals surface area contributed by atoms with Crippen LogP contribution in [0.15, 0.2) is 54.6 Å². The van der Waals surface area contributed by atoms with Gasteiger partial charge in [0.15, 0.2) is 0 Å². The van der Waals surface area contributed by atoms with Crippen LogP contribution in [-0.2, 0) is 20.9 Å². The molecule has 2 unspecified atom stereocenters. The first-order chi connectivity index (χ1) is 15.5. The number of hydrogen-bond donors (Lipinski definition) is 1. The van der Waals surface area contributed by atoms with Crippen molar-refractivity contribution in [3.05, 3.63) is 60.2 Å². The third kappa shape index (κ3) is 5.62. The second-order valence-corrected chi connectivity index (χ2v) is 8.21. The van der Waals surface area contributed by atoms with Crippen LogP contribution in [0.2, 0.25) is 0 Å². The van der Waals surface area contributed by atoms with E-state index in [1.54, 1.807) is 18.2 Å². The van der Waals surface area contributed by atoms with Gasteiger partial charge in [-0.05, 0) is 37.0 Å². The quantitative estimate of drug-likeness (QED) is 0.663. The summed E-state index contributed by atoms with van der Waals surface area (Å²) in [6, 6.07) is 16.1. The van der Waals surface area contributed by atoms with Gasteiger partial charge in [0.05, 0.1) is 30.5 Å². The fourth-order valence-electron chi connectivity index (χ4n) is 4.45. The average Bonchev–Trinajstić information content (AvgIpc) is 3.25. The summed E-state index contributed by atoms with van der Waals surface area (Å²) < 4.78 is 42.2. The second kappa shape index (κ2) is 10.4. The number of nitrogens with zero attached hydrogens (tertiary/aromatic N) is 1. The summed E-state index contributed by atoms with van der Waals surface area (Å²) >= 11 is 0. The molecule has 4 rings (SSSR count). The molecule has 1 spiro atoms. The number of hydrogen-bond acceptors (Lipinski definition) is 5. The Hall–Kier alpha value is -2.55. The molecule has 2 saturated heterocycles. The van der Waals surface area contributed by atoms with E-state index in [1.165, 1.54) is 6.07 Å². The van der Waals surface area contributed by atoms with Crippen LogP contribution < -0.4 is 10.1 Å². The van der Waals surface area contributed by atoms with Gasteiger partial charge in [-0.2, -0.15) is 8.78 Å². The van der Waals surface area contributed by atoms with Crippen LogP contribution in [0.1, 0.15) is 24.8 Å². The first-order valence-electron chi connectivity index (χ1n) is 10.9. The zero-order valence-electron chi connectivity index (χ0n) is 17.8. The molecular formula is C24H28F2N2O4. The third-order valence-electron chi connectivity index (χ3n) is 6.03. The highest BCUT2D eigenvalue weighted by Crippen LogP contribution is 2.38. The smallest absolute Gasteiger partial charge is 0.387 e. The zero-order chi connectivity index (χ0) is 22.4. The minimum Gasteiger partial charge on any atom is -0.433 e. The molecule has 0 bridgehead atoms. The Morgan fingerprint density at radius 3 is 2.69 bits per heavy atom. The lowest BCUT2D eigenvalue weighted by atomic mass is 9.85. The van der Waals surface area contributed by atoms with E-state index in [0.29, 0.717) is 19.7 Å². The number of ether oxygens (including phenoxy) is 3. The van der Waals surface area contributed by atoms with Gasteiger partial charge >= 0.3 is 6.61 Å². The minimum atomic E-state index is -2.96. The van der Waals surface area contributed by atoms with Gasteiger partial charge in [-0.25, -0.2) is 0 Å². The Morgan fingerprint density at radius 2 is 1.94 bits per heavy atom. The Kier molecular flexibility index (Phi) is 7.34. The maximum atomic E-state index is 12.6. The van der Waals surface area contributed by atoms with Crippen molar-refractivity contribution in [2.75, 3.05) is 31.6 Å². The van der Waals surface area contributed by atoms with E-state index in [0.717, 1.165) is 31.4 Å². The van der Waals surface area contributed by atoms with Gasteiger partial charge in [0.1, 0.15) is 5.75 Å². The van der Waals surface area contributed by atoms with Gasteiger partial charge in [0.2, 0.25) is 5.91 Å². The van der Waals surface area contributed by atoms with Gasteiger partial charge < -0.3 is 19.5 Å². The minimum absolute atomic E-state index is 0.0585. The van der Waals surface area contributed by atoms with Crippen molar-refractivity contribution in [1.29, 1.82) is 0 Å². The zero-order valence-corrected chi connectivity index (χ0v) is 17.8. The Bertz CT molecular complexity index is 891. The molecule has 0 aromatic heterocycles. The summed E-state index contributed by atoms with van der Waals surface area (Å²) in [7, 11) is 0. The van der Waals surface area contributed by atoms with Gasteiger partial charge in [0.25, 0.3) is 0 Å². The number of halogens is 2. The van der Waals surface area contributed by atoms with Gasteiger partial charge in [-0.1, -0.05) is 42.5 Å². The van der Waals surface area contributed by atoms with Crippen molar-refractivity contribution >= 4 is 11.6 Å². The molecule has 1 N–H and O–H groups in total. The summed E-state index contributed by atoms with van der Waals surface area (Å²) in [4.78, 5) is 14.7. The molecule has 172 valence electrons. The van der Waals surface area contributed by atoms with Crippen molar-refractivity contribution in [2.45, 2.75) is 44.2 Å². The number of carbonyl (C=O) groups is 1. The number of carbonyl (C=O) groups excluding carboxylic acids is 1. The van der Waals surface area contributed by atoms with Crippen molar-refractivity contribution in [3.8, 4) is 5.75 Å². The molecular weight excluding hydrogens is 418 g/mol. The standard InChI is InChI=1S/C24H28F2N2O4/c25-23(26)32-20-10-5-4-9-19(20)27-22(29)16-28-13-12-24(11-6-14-31-24)21(15-28)30-17-18-7-2-1-3-8-18/h1-5,7-10,21,23H,6,11-17H2,(H,27,29). The lowest BCUT2D eigenvalue weighted by Crippen LogP contribution is -2.57. The monoisotopic (exact) mass is 446 g/mol. The van der Waals surface area contributed by atoms with E-state index in [1.807, 2.05) is 35.2 Å². The van der Waals surface area contributed by atoms with Crippen molar-refractivity contribution in [2.24, 2.45) is 0 Å². The molecule has 1 amide bonds. The van der Waals surface area contributed by atoms with Crippen LogP contribution in [0.25, 0.3) is 0 Å². The third-order valence-corrected chi connectivity index (χ3v) is 6.03. The van der Waals surface area contributed by atoms with E-state index in [2.05, 4.69) is 10.1 Å². The number of para-hydroxylation sites is 2. The molecule has 8 heteroatoms. The van der Waals surface area contributed by atoms with Crippen molar-refractivity contribution in [3.63, 3.8) is 0 Å². The summed E-state index contributed by atoms with van der Waals surface area (Å²) in [5.41, 5.74) is 1.01. The molecule has 0 radical (unpaired) electrons. The summed E-state index contributed by atoms with van der Waals surface area (Å²) in [6.07, 6.45) is 2.59. The highest BCUT2D eigenvalue weighted by molar-refractivity contribution is 5.93. The van der Waals surface area contributed by atoms with Gasteiger partial charge in [-0.3, -0.25) is 9.69 Å². The molecule has 2 heterocycles. The number of amides is 1. The summed E-state index contributed by atoms with van der Waals surface area (Å²) in [6.45, 7) is -0.352. The number of likely N-dealkylation sites (tertiary alicyclic amines) is 1. The molecule has 2 atom stereocenters. The average molecular weight is 446 g/mol. The number of alkyl halides is 2. The van der Waals surface area contributed by atoms with Crippen molar-refractivity contribution < 1.29 is 27.8 Å². The molecule has 32 heavy (non-hydrogen) atoms. The van der Waals surface area contributed by atoms with Crippen LogP contribution in [0.3, 0.4) is 0 Å². The van der Waals surface area contributed by atoms with E-state index >= 15 is 0 Å². The van der Waals surface area contributed by atoms with Crippen LogP contribution in [0.4, 0.5) is 14.5 Å². The van der Waals surface area contributed by atoms with E-state index in [9.17, 15) is 13.6 Å². The molecule has 0 aliphatic carbocycles. The predicted molar refractivity (Wildman–Crippen MR) is 116 cm³/mol. The highest BCUT2D eigenvalue weighted by atomic mass is 19.3. The van der Waals surface area contributed by atoms with E-state index < -0.39 is 6.61 Å². The Labute approximate surface area is 186 Å². The number of nitrogens with one attached hydrogen (secondary N) is 1. The highest BCUT2D eigenvalue weighted by Gasteiger charge is 2.47. The lowest BCUT2D eigenvalue weighted by molar-refractivity contribution is -0.159. The lowest BCUT2D eigenvalue weighted by Gasteiger charge is -2.44. The molecule has 2 aromatic rings. The fraction of sp³-hybridized carbons (Fsp3) is 0.458. The van der Waals surface area contributed by atoms with Crippen LogP contribution in [0.5, 0.6) is 5.75 Å². The predicted octanol–water partition coefficient (Wildman–Crippen LogP) is 4.07. The Balaban J connectivity index is 1.37. The molecule has 6 nitrogen and oxygen atoms in total. The van der Waals surface area contributed by atoms with E-state index in [4.69, 9.17) is 9.47 Å². The number of piperidine rings is 1. The summed E-state index contributed by atoms with van der Waals surface area (Å²) in [5.74, 6) is -0.350. The van der Waals surface area contributed by atoms with Crippen LogP contribution in [0, 0.1) is 0 Å². The number of benzene rings is 2. The summed E-state index contributed by atoms with van der Waals surface area (Å²) in [5, 5.41) is 2.69. The van der Waals surface area contributed by atoms with Gasteiger partial charge in [0, 0.05) is 19.7 Å². The number of rotatable bonds is 8. The van der Waals surface area contributed by atoms with Crippen LogP contribution in [-0.4, -0.2) is 55.4 Å². The maximum absolute atomic E-state index is 12.6.